The van der Waals surface area contributed by atoms with Gasteiger partial charge in [-0.2, -0.15) is 0 Å². The third-order valence-electron chi connectivity index (χ3n) is 4.14. The highest BCUT2D eigenvalue weighted by Crippen LogP contribution is 2.30. The number of nitro groups is 1. The summed E-state index contributed by atoms with van der Waals surface area (Å²) in [5.74, 6) is 0.873. The van der Waals surface area contributed by atoms with Crippen LogP contribution in [0.2, 0.25) is 10.0 Å². The molecule has 9 nitrogen and oxygen atoms in total. The third-order valence-corrected chi connectivity index (χ3v) is 4.88. The van der Waals surface area contributed by atoms with Gasteiger partial charge in [0.1, 0.15) is 12.3 Å². The molecular weight excluding hydrogens is 449 g/mol. The summed E-state index contributed by atoms with van der Waals surface area (Å²) < 4.78 is 11.1. The smallest absolute Gasteiger partial charge is 0.357 e. The number of ether oxygens (including phenoxy) is 2. The molecular formula is C20H15Cl2N3O6. The fraction of sp³-hybridized carbons (Fsp3) is 0.100. The Morgan fingerprint density at radius 3 is 2.48 bits per heavy atom. The number of rotatable bonds is 7. The Hall–Kier alpha value is -3.56. The SMILES string of the molecule is COc1cc(C=Cc2[nH]c(=O)[nH]c(=O)c2[N+](=O)[O-])ccc1OCc1ccc(Cl)c(Cl)c1. The van der Waals surface area contributed by atoms with E-state index in [1.54, 1.807) is 36.4 Å². The number of nitrogens with one attached hydrogen (secondary N) is 2. The first-order valence-electron chi connectivity index (χ1n) is 8.72. The number of H-pyrrole nitrogens is 2. The molecule has 0 atom stereocenters. The molecule has 0 bridgehead atoms. The Kier molecular flexibility index (Phi) is 6.78. The normalized spacial score (nSPS) is 10.9. The summed E-state index contributed by atoms with van der Waals surface area (Å²) in [7, 11) is 1.47. The van der Waals surface area contributed by atoms with Crippen LogP contribution in [0, 0.1) is 10.1 Å². The van der Waals surface area contributed by atoms with Crippen molar-refractivity contribution in [3.63, 3.8) is 0 Å². The van der Waals surface area contributed by atoms with Crippen molar-refractivity contribution in [1.29, 1.82) is 0 Å². The van der Waals surface area contributed by atoms with Crippen molar-refractivity contribution in [3.8, 4) is 11.5 Å². The number of nitrogens with zero attached hydrogens (tertiary/aromatic N) is 1. The van der Waals surface area contributed by atoms with Crippen LogP contribution >= 0.6 is 23.2 Å². The molecule has 3 aromatic rings. The lowest BCUT2D eigenvalue weighted by molar-refractivity contribution is -0.386. The van der Waals surface area contributed by atoms with Gasteiger partial charge in [0.15, 0.2) is 11.5 Å². The zero-order chi connectivity index (χ0) is 22.5. The van der Waals surface area contributed by atoms with E-state index in [1.165, 1.54) is 19.3 Å². The first-order chi connectivity index (χ1) is 14.8. The topological polar surface area (TPSA) is 127 Å². The predicted molar refractivity (Wildman–Crippen MR) is 117 cm³/mol. The minimum Gasteiger partial charge on any atom is -0.493 e. The van der Waals surface area contributed by atoms with Crippen LogP contribution in [0.5, 0.6) is 11.5 Å². The molecule has 0 aliphatic carbocycles. The Morgan fingerprint density at radius 1 is 1.03 bits per heavy atom. The Balaban J connectivity index is 1.83. The van der Waals surface area contributed by atoms with Gasteiger partial charge in [0, 0.05) is 0 Å². The van der Waals surface area contributed by atoms with Gasteiger partial charge in [-0.15, -0.1) is 0 Å². The summed E-state index contributed by atoms with van der Waals surface area (Å²) in [5, 5.41) is 12.0. The van der Waals surface area contributed by atoms with E-state index >= 15 is 0 Å². The van der Waals surface area contributed by atoms with E-state index in [1.807, 2.05) is 4.98 Å². The van der Waals surface area contributed by atoms with Crippen molar-refractivity contribution in [2.45, 2.75) is 6.61 Å². The van der Waals surface area contributed by atoms with Gasteiger partial charge < -0.3 is 14.5 Å². The summed E-state index contributed by atoms with van der Waals surface area (Å²) in [4.78, 5) is 37.4. The van der Waals surface area contributed by atoms with E-state index in [2.05, 4.69) is 4.98 Å². The largest absolute Gasteiger partial charge is 0.493 e. The number of hydrogen-bond acceptors (Lipinski definition) is 6. The van der Waals surface area contributed by atoms with Gasteiger partial charge in [0.2, 0.25) is 0 Å². The average Bonchev–Trinajstić information content (AvgIpc) is 2.72. The Morgan fingerprint density at radius 2 is 1.81 bits per heavy atom. The minimum absolute atomic E-state index is 0.224. The zero-order valence-electron chi connectivity index (χ0n) is 16.0. The second kappa shape index (κ2) is 9.50. The number of halogens is 2. The van der Waals surface area contributed by atoms with Crippen molar-refractivity contribution in [2.75, 3.05) is 7.11 Å². The van der Waals surface area contributed by atoms with E-state index in [0.29, 0.717) is 27.1 Å². The maximum absolute atomic E-state index is 11.7. The van der Waals surface area contributed by atoms with Crippen LogP contribution in [-0.4, -0.2) is 22.0 Å². The van der Waals surface area contributed by atoms with E-state index in [0.717, 1.165) is 5.56 Å². The van der Waals surface area contributed by atoms with Gasteiger partial charge in [-0.1, -0.05) is 41.4 Å². The molecule has 3 rings (SSSR count). The number of aromatic nitrogens is 2. The van der Waals surface area contributed by atoms with Crippen molar-refractivity contribution in [1.82, 2.24) is 9.97 Å². The molecule has 1 heterocycles. The molecule has 160 valence electrons. The lowest BCUT2D eigenvalue weighted by Gasteiger charge is -2.12. The lowest BCUT2D eigenvalue weighted by atomic mass is 10.1. The van der Waals surface area contributed by atoms with Gasteiger partial charge >= 0.3 is 16.9 Å². The van der Waals surface area contributed by atoms with Crippen LogP contribution < -0.4 is 20.7 Å². The van der Waals surface area contributed by atoms with E-state index in [9.17, 15) is 19.7 Å². The molecule has 0 spiro atoms. The zero-order valence-corrected chi connectivity index (χ0v) is 17.5. The van der Waals surface area contributed by atoms with Gasteiger partial charge in [0.05, 0.1) is 22.1 Å². The van der Waals surface area contributed by atoms with Crippen molar-refractivity contribution in [3.05, 3.63) is 94.2 Å². The highest BCUT2D eigenvalue weighted by molar-refractivity contribution is 6.42. The summed E-state index contributed by atoms with van der Waals surface area (Å²) >= 11 is 11.9. The Labute approximate surface area is 185 Å². The first-order valence-corrected chi connectivity index (χ1v) is 9.48. The Bertz CT molecular complexity index is 1280. The number of methoxy groups -OCH3 is 1. The summed E-state index contributed by atoms with van der Waals surface area (Å²) in [6, 6.07) is 10.1. The molecule has 1 aromatic heterocycles. The molecule has 31 heavy (non-hydrogen) atoms. The van der Waals surface area contributed by atoms with Gasteiger partial charge in [0.25, 0.3) is 0 Å². The van der Waals surface area contributed by atoms with Crippen molar-refractivity contribution >= 4 is 41.0 Å². The van der Waals surface area contributed by atoms with Crippen LogP contribution in [0.3, 0.4) is 0 Å². The lowest BCUT2D eigenvalue weighted by Crippen LogP contribution is -2.25. The molecule has 0 unspecified atom stereocenters. The fourth-order valence-corrected chi connectivity index (χ4v) is 3.00. The molecule has 0 aliphatic rings. The minimum atomic E-state index is -1.09. The van der Waals surface area contributed by atoms with Crippen LogP contribution in [0.25, 0.3) is 12.2 Å². The van der Waals surface area contributed by atoms with Crippen LogP contribution in [0.15, 0.2) is 46.0 Å². The summed E-state index contributed by atoms with van der Waals surface area (Å²) in [6.07, 6.45) is 2.75. The number of aromatic amines is 2. The second-order valence-electron chi connectivity index (χ2n) is 6.21. The molecule has 11 heteroatoms. The molecule has 0 fully saturated rings. The second-order valence-corrected chi connectivity index (χ2v) is 7.02. The molecule has 2 N–H and O–H groups in total. The van der Waals surface area contributed by atoms with Gasteiger partial charge in [-0.05, 0) is 41.5 Å². The van der Waals surface area contributed by atoms with Gasteiger partial charge in [-0.3, -0.25) is 19.9 Å². The third kappa shape index (κ3) is 5.33. The van der Waals surface area contributed by atoms with Crippen LogP contribution in [-0.2, 0) is 6.61 Å². The highest BCUT2D eigenvalue weighted by Gasteiger charge is 2.18. The van der Waals surface area contributed by atoms with Crippen LogP contribution in [0.4, 0.5) is 5.69 Å². The quantitative estimate of drug-likeness (QED) is 0.402. The number of hydrogen-bond donors (Lipinski definition) is 2. The molecule has 0 saturated heterocycles. The van der Waals surface area contributed by atoms with Crippen molar-refractivity contribution in [2.24, 2.45) is 0 Å². The molecule has 0 radical (unpaired) electrons. The molecule has 0 amide bonds. The standard InChI is InChI=1S/C20H15Cl2N3O6/c1-30-17-9-11(3-6-15-18(25(28)29)19(26)24-20(27)23-15)4-7-16(17)31-10-12-2-5-13(21)14(22)8-12/h2-9H,10H2,1H3,(H2,23,24,26,27). The summed E-state index contributed by atoms with van der Waals surface area (Å²) in [5.41, 5.74) is -1.52. The first kappa shape index (κ1) is 22.1. The number of benzene rings is 2. The highest BCUT2D eigenvalue weighted by atomic mass is 35.5. The molecule has 0 saturated carbocycles. The van der Waals surface area contributed by atoms with E-state index in [4.69, 9.17) is 32.7 Å². The monoisotopic (exact) mass is 463 g/mol. The van der Waals surface area contributed by atoms with E-state index in [-0.39, 0.29) is 12.3 Å². The summed E-state index contributed by atoms with van der Waals surface area (Å²) in [6.45, 7) is 0.225. The van der Waals surface area contributed by atoms with Crippen molar-refractivity contribution < 1.29 is 14.4 Å². The van der Waals surface area contributed by atoms with E-state index < -0.39 is 21.9 Å². The fourth-order valence-electron chi connectivity index (χ4n) is 2.68. The maximum Gasteiger partial charge on any atom is 0.357 e. The van der Waals surface area contributed by atoms with Crippen LogP contribution in [0.1, 0.15) is 16.8 Å². The van der Waals surface area contributed by atoms with Gasteiger partial charge in [-0.25, -0.2) is 4.79 Å². The molecule has 0 aliphatic heterocycles. The average molecular weight is 464 g/mol. The maximum atomic E-state index is 11.7. The predicted octanol–water partition coefficient (Wildman–Crippen LogP) is 4.04. The molecule has 2 aromatic carbocycles.